The first-order valence-corrected chi connectivity index (χ1v) is 6.93. The zero-order valence-electron chi connectivity index (χ0n) is 12.4. The van der Waals surface area contributed by atoms with E-state index in [0.29, 0.717) is 17.7 Å². The number of hydrogen-bond acceptors (Lipinski definition) is 2. The second-order valence-corrected chi connectivity index (χ2v) is 5.18. The van der Waals surface area contributed by atoms with Gasteiger partial charge in [0.15, 0.2) is 6.61 Å². The topological polar surface area (TPSA) is 38.3 Å². The number of amides is 1. The van der Waals surface area contributed by atoms with Gasteiger partial charge in [0.05, 0.1) is 5.69 Å². The first-order chi connectivity index (χ1) is 10.5. The fraction of sp³-hybridized carbons (Fsp3) is 0.235. The zero-order chi connectivity index (χ0) is 16.1. The molecule has 0 aliphatic rings. The van der Waals surface area contributed by atoms with Crippen LogP contribution in [0, 0.1) is 11.6 Å². The Morgan fingerprint density at radius 3 is 2.41 bits per heavy atom. The van der Waals surface area contributed by atoms with Crippen LogP contribution in [0.15, 0.2) is 42.5 Å². The molecule has 0 saturated carbocycles. The van der Waals surface area contributed by atoms with E-state index in [1.807, 2.05) is 12.1 Å². The lowest BCUT2D eigenvalue weighted by Crippen LogP contribution is -2.20. The van der Waals surface area contributed by atoms with Crippen molar-refractivity contribution in [1.29, 1.82) is 0 Å². The summed E-state index contributed by atoms with van der Waals surface area (Å²) in [5.41, 5.74) is 1.09. The molecule has 22 heavy (non-hydrogen) atoms. The third kappa shape index (κ3) is 4.28. The molecular formula is C17H17F2NO2. The van der Waals surface area contributed by atoms with Gasteiger partial charge in [-0.2, -0.15) is 0 Å². The molecule has 0 aromatic heterocycles. The van der Waals surface area contributed by atoms with Gasteiger partial charge in [-0.1, -0.05) is 26.0 Å². The molecule has 1 amide bonds. The molecule has 0 fully saturated rings. The number of anilines is 1. The van der Waals surface area contributed by atoms with Crippen LogP contribution in [0.5, 0.6) is 5.75 Å². The predicted octanol–water partition coefficient (Wildman–Crippen LogP) is 4.11. The van der Waals surface area contributed by atoms with Crippen LogP contribution in [0.25, 0.3) is 0 Å². The minimum absolute atomic E-state index is 0.0786. The van der Waals surface area contributed by atoms with E-state index in [1.165, 1.54) is 11.6 Å². The Bertz CT molecular complexity index is 654. The van der Waals surface area contributed by atoms with Gasteiger partial charge in [-0.25, -0.2) is 8.78 Å². The molecule has 0 spiro atoms. The molecule has 0 radical (unpaired) electrons. The van der Waals surface area contributed by atoms with Gasteiger partial charge < -0.3 is 10.1 Å². The van der Waals surface area contributed by atoms with Gasteiger partial charge in [0, 0.05) is 6.07 Å². The minimum Gasteiger partial charge on any atom is -0.484 e. The molecule has 2 aromatic rings. The summed E-state index contributed by atoms with van der Waals surface area (Å²) in [4.78, 5) is 11.7. The number of carbonyl (C=O) groups is 1. The molecule has 116 valence electrons. The number of nitrogens with one attached hydrogen (secondary N) is 1. The van der Waals surface area contributed by atoms with Gasteiger partial charge in [0.2, 0.25) is 0 Å². The van der Waals surface area contributed by atoms with Crippen molar-refractivity contribution >= 4 is 11.6 Å². The van der Waals surface area contributed by atoms with Gasteiger partial charge in [-0.3, -0.25) is 4.79 Å². The van der Waals surface area contributed by atoms with Crippen molar-refractivity contribution in [3.8, 4) is 5.75 Å². The van der Waals surface area contributed by atoms with Crippen LogP contribution in [0.3, 0.4) is 0 Å². The number of halogens is 2. The second-order valence-electron chi connectivity index (χ2n) is 5.18. The lowest BCUT2D eigenvalue weighted by Gasteiger charge is -2.10. The van der Waals surface area contributed by atoms with Gasteiger partial charge in [-0.05, 0) is 35.7 Å². The van der Waals surface area contributed by atoms with Crippen molar-refractivity contribution in [3.63, 3.8) is 0 Å². The average Bonchev–Trinajstić information content (AvgIpc) is 2.48. The molecule has 1 N–H and O–H groups in total. The highest BCUT2D eigenvalue weighted by Crippen LogP contribution is 2.19. The third-order valence-corrected chi connectivity index (χ3v) is 3.12. The van der Waals surface area contributed by atoms with Crippen LogP contribution >= 0.6 is 0 Å². The number of hydrogen-bond donors (Lipinski definition) is 1. The maximum Gasteiger partial charge on any atom is 0.262 e. The van der Waals surface area contributed by atoms with Crippen molar-refractivity contribution < 1.29 is 18.3 Å². The molecule has 0 unspecified atom stereocenters. The Labute approximate surface area is 127 Å². The van der Waals surface area contributed by atoms with Crippen molar-refractivity contribution in [2.45, 2.75) is 19.8 Å². The SMILES string of the molecule is CC(C)c1ccc(OCC(=O)Nc2ccc(F)cc2F)cc1. The summed E-state index contributed by atoms with van der Waals surface area (Å²) in [6, 6.07) is 10.4. The van der Waals surface area contributed by atoms with Crippen molar-refractivity contribution in [1.82, 2.24) is 0 Å². The lowest BCUT2D eigenvalue weighted by molar-refractivity contribution is -0.118. The third-order valence-electron chi connectivity index (χ3n) is 3.12. The lowest BCUT2D eigenvalue weighted by atomic mass is 10.0. The smallest absolute Gasteiger partial charge is 0.262 e. The zero-order valence-corrected chi connectivity index (χ0v) is 12.4. The highest BCUT2D eigenvalue weighted by atomic mass is 19.1. The second kappa shape index (κ2) is 7.02. The number of carbonyl (C=O) groups excluding carboxylic acids is 1. The van der Waals surface area contributed by atoms with Crippen LogP contribution in [-0.2, 0) is 4.79 Å². The molecule has 0 aliphatic carbocycles. The summed E-state index contributed by atoms with van der Waals surface area (Å²) in [5.74, 6) is -1.07. The first-order valence-electron chi connectivity index (χ1n) is 6.93. The molecule has 5 heteroatoms. The fourth-order valence-corrected chi connectivity index (χ4v) is 1.87. The van der Waals surface area contributed by atoms with E-state index in [-0.39, 0.29) is 12.3 Å². The molecule has 0 aliphatic heterocycles. The van der Waals surface area contributed by atoms with Gasteiger partial charge >= 0.3 is 0 Å². The highest BCUT2D eigenvalue weighted by molar-refractivity contribution is 5.91. The molecular weight excluding hydrogens is 288 g/mol. The predicted molar refractivity (Wildman–Crippen MR) is 81.0 cm³/mol. The molecule has 0 saturated heterocycles. The van der Waals surface area contributed by atoms with E-state index in [0.717, 1.165) is 6.07 Å². The molecule has 2 rings (SSSR count). The van der Waals surface area contributed by atoms with E-state index in [4.69, 9.17) is 4.74 Å². The largest absolute Gasteiger partial charge is 0.484 e. The summed E-state index contributed by atoms with van der Waals surface area (Å²) in [6.45, 7) is 3.92. The Morgan fingerprint density at radius 1 is 1.14 bits per heavy atom. The fourth-order valence-electron chi connectivity index (χ4n) is 1.87. The van der Waals surface area contributed by atoms with E-state index >= 15 is 0 Å². The highest BCUT2D eigenvalue weighted by Gasteiger charge is 2.09. The quantitative estimate of drug-likeness (QED) is 0.903. The van der Waals surface area contributed by atoms with E-state index in [1.54, 1.807) is 12.1 Å². The molecule has 3 nitrogen and oxygen atoms in total. The van der Waals surface area contributed by atoms with Crippen molar-refractivity contribution in [2.75, 3.05) is 11.9 Å². The molecule has 0 bridgehead atoms. The van der Waals surface area contributed by atoms with Crippen LogP contribution in [0.1, 0.15) is 25.3 Å². The summed E-state index contributed by atoms with van der Waals surface area (Å²) in [6.07, 6.45) is 0. The maximum absolute atomic E-state index is 13.4. The van der Waals surface area contributed by atoms with Crippen LogP contribution in [0.4, 0.5) is 14.5 Å². The Kier molecular flexibility index (Phi) is 5.09. The van der Waals surface area contributed by atoms with Gasteiger partial charge in [0.1, 0.15) is 17.4 Å². The standard InChI is InChI=1S/C17H17F2NO2/c1-11(2)12-3-6-14(7-4-12)22-10-17(21)20-16-8-5-13(18)9-15(16)19/h3-9,11H,10H2,1-2H3,(H,20,21). The average molecular weight is 305 g/mol. The summed E-state index contributed by atoms with van der Waals surface area (Å²) < 4.78 is 31.5. The van der Waals surface area contributed by atoms with E-state index < -0.39 is 17.5 Å². The van der Waals surface area contributed by atoms with Crippen LogP contribution in [-0.4, -0.2) is 12.5 Å². The van der Waals surface area contributed by atoms with E-state index in [9.17, 15) is 13.6 Å². The minimum atomic E-state index is -0.824. The van der Waals surface area contributed by atoms with Crippen molar-refractivity contribution in [2.24, 2.45) is 0 Å². The van der Waals surface area contributed by atoms with Gasteiger partial charge in [-0.15, -0.1) is 0 Å². The Morgan fingerprint density at radius 2 is 1.82 bits per heavy atom. The summed E-state index contributed by atoms with van der Waals surface area (Å²) in [5, 5.41) is 2.33. The summed E-state index contributed by atoms with van der Waals surface area (Å²) >= 11 is 0. The van der Waals surface area contributed by atoms with Crippen LogP contribution < -0.4 is 10.1 Å². The molecule has 0 atom stereocenters. The summed E-state index contributed by atoms with van der Waals surface area (Å²) in [7, 11) is 0. The Hall–Kier alpha value is -2.43. The first kappa shape index (κ1) is 15.9. The number of benzene rings is 2. The molecule has 2 aromatic carbocycles. The maximum atomic E-state index is 13.4. The monoisotopic (exact) mass is 305 g/mol. The van der Waals surface area contributed by atoms with Crippen LogP contribution in [0.2, 0.25) is 0 Å². The van der Waals surface area contributed by atoms with E-state index in [2.05, 4.69) is 19.2 Å². The number of rotatable bonds is 5. The normalized spacial score (nSPS) is 10.6. The Balaban J connectivity index is 1.89. The van der Waals surface area contributed by atoms with Crippen molar-refractivity contribution in [3.05, 3.63) is 59.7 Å². The van der Waals surface area contributed by atoms with Gasteiger partial charge in [0.25, 0.3) is 5.91 Å². The molecule has 0 heterocycles. The number of ether oxygens (including phenoxy) is 1.